The van der Waals surface area contributed by atoms with Gasteiger partial charge in [0.1, 0.15) is 0 Å². The van der Waals surface area contributed by atoms with Gasteiger partial charge in [0, 0.05) is 30.7 Å². The highest BCUT2D eigenvalue weighted by atomic mass is 15.1. The molecule has 0 fully saturated rings. The number of hydrogen-bond donors (Lipinski definition) is 1. The van der Waals surface area contributed by atoms with E-state index in [1.54, 1.807) is 0 Å². The zero-order chi connectivity index (χ0) is 13.1. The number of nitrogens with zero attached hydrogens (tertiary/aromatic N) is 1. The van der Waals surface area contributed by atoms with Crippen LogP contribution in [0.25, 0.3) is 10.8 Å². The van der Waals surface area contributed by atoms with E-state index in [0.29, 0.717) is 0 Å². The van der Waals surface area contributed by atoms with Crippen LogP contribution in [0, 0.1) is 0 Å². The Morgan fingerprint density at radius 2 is 1.95 bits per heavy atom. The molecule has 1 aliphatic heterocycles. The minimum Gasteiger partial charge on any atom is -0.381 e. The average Bonchev–Trinajstić information content (AvgIpc) is 2.47. The van der Waals surface area contributed by atoms with Crippen LogP contribution >= 0.6 is 0 Å². The third-order valence-electron chi connectivity index (χ3n) is 3.80. The number of benzene rings is 2. The topological polar surface area (TPSA) is 15.3 Å². The predicted octanol–water partition coefficient (Wildman–Crippen LogP) is 3.51. The maximum atomic E-state index is 3.59. The maximum absolute atomic E-state index is 3.59. The van der Waals surface area contributed by atoms with E-state index in [1.807, 2.05) is 0 Å². The predicted molar refractivity (Wildman–Crippen MR) is 82.6 cm³/mol. The Hall–Kier alpha value is -1.80. The van der Waals surface area contributed by atoms with Crippen LogP contribution in [0.5, 0.6) is 0 Å². The van der Waals surface area contributed by atoms with E-state index in [2.05, 4.69) is 65.8 Å². The van der Waals surface area contributed by atoms with Crippen LogP contribution in [-0.2, 0) is 0 Å². The van der Waals surface area contributed by atoms with Crippen LogP contribution in [0.2, 0.25) is 0 Å². The molecule has 2 nitrogen and oxygen atoms in total. The zero-order valence-corrected chi connectivity index (χ0v) is 11.4. The molecule has 0 saturated heterocycles. The van der Waals surface area contributed by atoms with Gasteiger partial charge in [0.2, 0.25) is 0 Å². The maximum Gasteiger partial charge on any atom is 0.0422 e. The molecular weight excluding hydrogens is 232 g/mol. The summed E-state index contributed by atoms with van der Waals surface area (Å²) in [5.74, 6) is 0. The SMILES string of the molecule is CN1CC=C(CNc2cccc3ccccc23)CC1. The monoisotopic (exact) mass is 252 g/mol. The van der Waals surface area contributed by atoms with E-state index in [9.17, 15) is 0 Å². The van der Waals surface area contributed by atoms with Gasteiger partial charge in [-0.1, -0.05) is 48.0 Å². The van der Waals surface area contributed by atoms with E-state index in [4.69, 9.17) is 0 Å². The van der Waals surface area contributed by atoms with Crippen LogP contribution in [-0.4, -0.2) is 31.6 Å². The smallest absolute Gasteiger partial charge is 0.0422 e. The second-order valence-electron chi connectivity index (χ2n) is 5.25. The molecule has 0 amide bonds. The van der Waals surface area contributed by atoms with Crippen LogP contribution in [0.15, 0.2) is 54.1 Å². The van der Waals surface area contributed by atoms with Gasteiger partial charge in [0.25, 0.3) is 0 Å². The van der Waals surface area contributed by atoms with Crippen molar-refractivity contribution in [1.82, 2.24) is 4.90 Å². The van der Waals surface area contributed by atoms with Crippen molar-refractivity contribution >= 4 is 16.5 Å². The van der Waals surface area contributed by atoms with Crippen LogP contribution in [0.3, 0.4) is 0 Å². The third-order valence-corrected chi connectivity index (χ3v) is 3.80. The Morgan fingerprint density at radius 3 is 2.79 bits per heavy atom. The Labute approximate surface area is 114 Å². The highest BCUT2D eigenvalue weighted by Gasteiger charge is 2.07. The second kappa shape index (κ2) is 5.45. The molecular formula is C17H20N2. The highest BCUT2D eigenvalue weighted by molar-refractivity contribution is 5.93. The van der Waals surface area contributed by atoms with Crippen molar-refractivity contribution in [2.24, 2.45) is 0 Å². The lowest BCUT2D eigenvalue weighted by Crippen LogP contribution is -2.25. The fraction of sp³-hybridized carbons (Fsp3) is 0.294. The summed E-state index contributed by atoms with van der Waals surface area (Å²) in [6.07, 6.45) is 3.52. The van der Waals surface area contributed by atoms with Crippen molar-refractivity contribution in [2.75, 3.05) is 32.0 Å². The summed E-state index contributed by atoms with van der Waals surface area (Å²) in [7, 11) is 2.17. The van der Waals surface area contributed by atoms with Crippen molar-refractivity contribution in [3.63, 3.8) is 0 Å². The molecule has 1 heterocycles. The first-order chi connectivity index (χ1) is 9.33. The van der Waals surface area contributed by atoms with Gasteiger partial charge in [-0.2, -0.15) is 0 Å². The molecule has 1 N–H and O–H groups in total. The first-order valence-electron chi connectivity index (χ1n) is 6.91. The Balaban J connectivity index is 1.75. The Kier molecular flexibility index (Phi) is 3.51. The van der Waals surface area contributed by atoms with E-state index in [1.165, 1.54) is 35.0 Å². The molecule has 2 aromatic rings. The minimum atomic E-state index is 0.960. The molecule has 1 aliphatic rings. The van der Waals surface area contributed by atoms with Crippen molar-refractivity contribution in [2.45, 2.75) is 6.42 Å². The van der Waals surface area contributed by atoms with E-state index in [-0.39, 0.29) is 0 Å². The van der Waals surface area contributed by atoms with Crippen LogP contribution in [0.1, 0.15) is 6.42 Å². The molecule has 2 aromatic carbocycles. The molecule has 0 aliphatic carbocycles. The van der Waals surface area contributed by atoms with E-state index >= 15 is 0 Å². The molecule has 0 unspecified atom stereocenters. The van der Waals surface area contributed by atoms with Crippen molar-refractivity contribution < 1.29 is 0 Å². The van der Waals surface area contributed by atoms with Gasteiger partial charge in [-0.3, -0.25) is 0 Å². The molecule has 2 heteroatoms. The molecule has 0 bridgehead atoms. The number of likely N-dealkylation sites (N-methyl/N-ethyl adjacent to an activating group) is 1. The number of nitrogens with one attached hydrogen (secondary N) is 1. The summed E-state index contributed by atoms with van der Waals surface area (Å²) in [6, 6.07) is 15.0. The summed E-state index contributed by atoms with van der Waals surface area (Å²) in [4.78, 5) is 2.35. The van der Waals surface area contributed by atoms with Crippen molar-refractivity contribution in [3.05, 3.63) is 54.1 Å². The third kappa shape index (κ3) is 2.79. The summed E-state index contributed by atoms with van der Waals surface area (Å²) in [5.41, 5.74) is 2.75. The van der Waals surface area contributed by atoms with Crippen LogP contribution < -0.4 is 5.32 Å². The van der Waals surface area contributed by atoms with Gasteiger partial charge >= 0.3 is 0 Å². The standard InChI is InChI=1S/C17H20N2/c1-19-11-9-14(10-12-19)13-18-17-8-4-6-15-5-2-3-7-16(15)17/h2-9,18H,10-13H2,1H3. The van der Waals surface area contributed by atoms with E-state index < -0.39 is 0 Å². The van der Waals surface area contributed by atoms with E-state index in [0.717, 1.165) is 13.1 Å². The summed E-state index contributed by atoms with van der Waals surface area (Å²) < 4.78 is 0. The minimum absolute atomic E-state index is 0.960. The van der Waals surface area contributed by atoms with Gasteiger partial charge in [-0.05, 0) is 24.9 Å². The molecule has 0 atom stereocenters. The number of anilines is 1. The zero-order valence-electron chi connectivity index (χ0n) is 11.4. The van der Waals surface area contributed by atoms with Gasteiger partial charge in [0.15, 0.2) is 0 Å². The molecule has 0 saturated carbocycles. The van der Waals surface area contributed by atoms with Gasteiger partial charge in [-0.15, -0.1) is 0 Å². The van der Waals surface area contributed by atoms with Gasteiger partial charge in [0.05, 0.1) is 0 Å². The fourth-order valence-corrected chi connectivity index (χ4v) is 2.56. The molecule has 19 heavy (non-hydrogen) atoms. The highest BCUT2D eigenvalue weighted by Crippen LogP contribution is 2.23. The first kappa shape index (κ1) is 12.2. The lowest BCUT2D eigenvalue weighted by atomic mass is 10.1. The molecule has 0 radical (unpaired) electrons. The summed E-state index contributed by atoms with van der Waals surface area (Å²) >= 11 is 0. The molecule has 0 spiro atoms. The largest absolute Gasteiger partial charge is 0.381 e. The Bertz CT molecular complexity index is 596. The first-order valence-corrected chi connectivity index (χ1v) is 6.91. The number of fused-ring (bicyclic) bond motifs is 1. The molecule has 3 rings (SSSR count). The fourth-order valence-electron chi connectivity index (χ4n) is 2.56. The average molecular weight is 252 g/mol. The summed E-state index contributed by atoms with van der Waals surface area (Å²) in [5, 5.41) is 6.19. The number of rotatable bonds is 3. The van der Waals surface area contributed by atoms with Crippen molar-refractivity contribution in [3.8, 4) is 0 Å². The van der Waals surface area contributed by atoms with Gasteiger partial charge in [-0.25, -0.2) is 0 Å². The normalized spacial score (nSPS) is 16.4. The Morgan fingerprint density at radius 1 is 1.11 bits per heavy atom. The van der Waals surface area contributed by atoms with Crippen LogP contribution in [0.4, 0.5) is 5.69 Å². The van der Waals surface area contributed by atoms with Gasteiger partial charge < -0.3 is 10.2 Å². The lowest BCUT2D eigenvalue weighted by Gasteiger charge is -2.22. The molecule has 0 aromatic heterocycles. The quantitative estimate of drug-likeness (QED) is 0.841. The summed E-state index contributed by atoms with van der Waals surface area (Å²) in [6.45, 7) is 3.21. The van der Waals surface area contributed by atoms with Crippen molar-refractivity contribution in [1.29, 1.82) is 0 Å². The second-order valence-corrected chi connectivity index (χ2v) is 5.25. The number of hydrogen-bond acceptors (Lipinski definition) is 2. The molecule has 98 valence electrons. The lowest BCUT2D eigenvalue weighted by molar-refractivity contribution is 0.358.